The average molecular weight is 435 g/mol. The Balaban J connectivity index is 2.26. The van der Waals surface area contributed by atoms with E-state index in [0.717, 1.165) is 4.31 Å². The van der Waals surface area contributed by atoms with Crippen molar-refractivity contribution in [3.8, 4) is 0 Å². The number of likely N-dealkylation sites (N-methyl/N-ethyl adjacent to an activating group) is 1. The summed E-state index contributed by atoms with van der Waals surface area (Å²) >= 11 is 3.14. The number of nitrogens with zero attached hydrogens (tertiary/aromatic N) is 4. The molecule has 1 unspecified atom stereocenters. The van der Waals surface area contributed by atoms with E-state index in [2.05, 4.69) is 26.2 Å². The fraction of sp³-hybridized carbons (Fsp3) is 0.500. The minimum atomic E-state index is -3.68. The fourth-order valence-corrected chi connectivity index (χ4v) is 3.21. The van der Waals surface area contributed by atoms with Crippen LogP contribution in [0.15, 0.2) is 21.7 Å². The second-order valence-electron chi connectivity index (χ2n) is 5.54. The van der Waals surface area contributed by atoms with Crippen LogP contribution in [0.4, 0.5) is 5.69 Å². The summed E-state index contributed by atoms with van der Waals surface area (Å²) in [6, 6.07) is 3.08. The third-order valence-electron chi connectivity index (χ3n) is 3.52. The summed E-state index contributed by atoms with van der Waals surface area (Å²) in [5.74, 6) is -0.353. The van der Waals surface area contributed by atoms with Crippen LogP contribution < -0.4 is 4.90 Å². The highest BCUT2D eigenvalue weighted by molar-refractivity contribution is 9.10. The molecule has 0 aliphatic carbocycles. The zero-order valence-corrected chi connectivity index (χ0v) is 16.7. The Morgan fingerprint density at radius 2 is 1.92 bits per heavy atom. The van der Waals surface area contributed by atoms with Gasteiger partial charge in [-0.25, -0.2) is 17.4 Å². The first-order valence-electron chi connectivity index (χ1n) is 7.36. The maximum atomic E-state index is 12.4. The Morgan fingerprint density at radius 1 is 1.28 bits per heavy atom. The monoisotopic (exact) mass is 434 g/mol. The second kappa shape index (κ2) is 7.67. The first-order valence-corrected chi connectivity index (χ1v) is 9.71. The normalized spacial score (nSPS) is 13.2. The van der Waals surface area contributed by atoms with Crippen LogP contribution in [0, 0.1) is 0 Å². The van der Waals surface area contributed by atoms with E-state index < -0.39 is 10.0 Å². The molecule has 0 amide bonds. The largest absolute Gasteiger partial charge is 0.463 e. The molecule has 1 aromatic carbocycles. The van der Waals surface area contributed by atoms with Gasteiger partial charge in [0.1, 0.15) is 16.3 Å². The van der Waals surface area contributed by atoms with E-state index in [9.17, 15) is 13.2 Å². The predicted molar refractivity (Wildman–Crippen MR) is 95.3 cm³/mol. The van der Waals surface area contributed by atoms with Crippen LogP contribution in [0.2, 0.25) is 0 Å². The molecule has 25 heavy (non-hydrogen) atoms. The van der Waals surface area contributed by atoms with Crippen molar-refractivity contribution in [1.82, 2.24) is 14.6 Å². The predicted octanol–water partition coefficient (Wildman–Crippen LogP) is 1.24. The standard InChI is InChI=1S/C14H19BrN4O5S/c1-9(15)14(20)23-8-7-19(4)10-5-6-11(25(21,22)18(2)3)13-12(10)16-24-17-13/h5-6,9H,7-8H2,1-4H3. The highest BCUT2D eigenvalue weighted by atomic mass is 79.9. The van der Waals surface area contributed by atoms with E-state index in [1.165, 1.54) is 20.2 Å². The summed E-state index contributed by atoms with van der Waals surface area (Å²) in [6.45, 7) is 2.25. The van der Waals surface area contributed by atoms with Gasteiger partial charge in [0.2, 0.25) is 10.0 Å². The smallest absolute Gasteiger partial charge is 0.319 e. The molecule has 0 fully saturated rings. The number of hydrogen-bond acceptors (Lipinski definition) is 8. The molecule has 0 N–H and O–H groups in total. The van der Waals surface area contributed by atoms with E-state index in [1.54, 1.807) is 24.9 Å². The van der Waals surface area contributed by atoms with Crippen LogP contribution in [0.5, 0.6) is 0 Å². The number of sulfonamides is 1. The van der Waals surface area contributed by atoms with Crippen molar-refractivity contribution in [2.24, 2.45) is 0 Å². The molecular weight excluding hydrogens is 416 g/mol. The van der Waals surface area contributed by atoms with Gasteiger partial charge in [-0.2, -0.15) is 0 Å². The lowest BCUT2D eigenvalue weighted by Crippen LogP contribution is -2.26. The van der Waals surface area contributed by atoms with E-state index in [-0.39, 0.29) is 27.8 Å². The molecule has 1 atom stereocenters. The summed E-state index contributed by atoms with van der Waals surface area (Å²) in [7, 11) is 0.974. The van der Waals surface area contributed by atoms with Crippen LogP contribution in [-0.4, -0.2) is 68.1 Å². The lowest BCUT2D eigenvalue weighted by atomic mass is 10.2. The zero-order valence-electron chi connectivity index (χ0n) is 14.3. The number of alkyl halides is 1. The zero-order chi connectivity index (χ0) is 18.8. The van der Waals surface area contributed by atoms with Gasteiger partial charge >= 0.3 is 5.97 Å². The summed E-state index contributed by atoms with van der Waals surface area (Å²) in [6.07, 6.45) is 0. The summed E-state index contributed by atoms with van der Waals surface area (Å²) in [5.41, 5.74) is 1.10. The van der Waals surface area contributed by atoms with Crippen molar-refractivity contribution in [2.75, 3.05) is 39.2 Å². The van der Waals surface area contributed by atoms with E-state index in [0.29, 0.717) is 17.7 Å². The molecule has 0 bridgehead atoms. The van der Waals surface area contributed by atoms with Gasteiger partial charge in [-0.15, -0.1) is 0 Å². The van der Waals surface area contributed by atoms with Crippen molar-refractivity contribution in [3.63, 3.8) is 0 Å². The number of carbonyl (C=O) groups excluding carboxylic acids is 1. The number of benzene rings is 1. The number of esters is 1. The Morgan fingerprint density at radius 3 is 2.52 bits per heavy atom. The molecule has 2 rings (SSSR count). The Kier molecular flexibility index (Phi) is 6.01. The topological polar surface area (TPSA) is 106 Å². The van der Waals surface area contributed by atoms with Crippen LogP contribution in [0.1, 0.15) is 6.92 Å². The van der Waals surface area contributed by atoms with Crippen LogP contribution in [-0.2, 0) is 19.6 Å². The molecule has 138 valence electrons. The molecule has 1 aromatic heterocycles. The molecule has 0 saturated heterocycles. The van der Waals surface area contributed by atoms with Gasteiger partial charge in [0.05, 0.1) is 12.2 Å². The van der Waals surface area contributed by atoms with Gasteiger partial charge in [0, 0.05) is 21.1 Å². The third kappa shape index (κ3) is 4.10. The second-order valence-corrected chi connectivity index (χ2v) is 9.03. The number of fused-ring (bicyclic) bond motifs is 1. The number of carbonyl (C=O) groups is 1. The van der Waals surface area contributed by atoms with Gasteiger partial charge < -0.3 is 9.64 Å². The first-order chi connectivity index (χ1) is 11.7. The fourth-order valence-electron chi connectivity index (χ4n) is 2.06. The molecule has 0 radical (unpaired) electrons. The van der Waals surface area contributed by atoms with Crippen LogP contribution >= 0.6 is 15.9 Å². The van der Waals surface area contributed by atoms with Crippen molar-refractivity contribution >= 4 is 48.6 Å². The number of anilines is 1. The van der Waals surface area contributed by atoms with Gasteiger partial charge in [0.15, 0.2) is 11.0 Å². The highest BCUT2D eigenvalue weighted by Crippen LogP contribution is 2.29. The molecular formula is C14H19BrN4O5S. The summed E-state index contributed by atoms with van der Waals surface area (Å²) in [4.78, 5) is 12.9. The minimum Gasteiger partial charge on any atom is -0.463 e. The quantitative estimate of drug-likeness (QED) is 0.473. The molecule has 0 aliphatic rings. The SMILES string of the molecule is CC(Br)C(=O)OCCN(C)c1ccc(S(=O)(=O)N(C)C)c2nonc12. The number of ether oxygens (including phenoxy) is 1. The van der Waals surface area contributed by atoms with Crippen molar-refractivity contribution in [1.29, 1.82) is 0 Å². The first kappa shape index (κ1) is 19.6. The Labute approximate surface area is 154 Å². The average Bonchev–Trinajstić information content (AvgIpc) is 3.02. The Bertz CT molecular complexity index is 865. The number of hydrogen-bond donors (Lipinski definition) is 0. The highest BCUT2D eigenvalue weighted by Gasteiger charge is 2.25. The van der Waals surface area contributed by atoms with Gasteiger partial charge in [-0.05, 0) is 29.4 Å². The molecule has 11 heteroatoms. The summed E-state index contributed by atoms with van der Waals surface area (Å²) in [5, 5.41) is 7.55. The summed E-state index contributed by atoms with van der Waals surface area (Å²) < 4.78 is 35.7. The maximum absolute atomic E-state index is 12.4. The number of aromatic nitrogens is 2. The molecule has 0 spiro atoms. The maximum Gasteiger partial charge on any atom is 0.319 e. The number of halogens is 1. The lowest BCUT2D eigenvalue weighted by molar-refractivity contribution is -0.142. The van der Waals surface area contributed by atoms with E-state index in [4.69, 9.17) is 9.37 Å². The van der Waals surface area contributed by atoms with Crippen LogP contribution in [0.3, 0.4) is 0 Å². The van der Waals surface area contributed by atoms with Crippen molar-refractivity contribution < 1.29 is 22.6 Å². The lowest BCUT2D eigenvalue weighted by Gasteiger charge is -2.20. The molecule has 0 aliphatic heterocycles. The molecule has 2 aromatic rings. The molecule has 9 nitrogen and oxygen atoms in total. The van der Waals surface area contributed by atoms with Gasteiger partial charge in [0.25, 0.3) is 0 Å². The van der Waals surface area contributed by atoms with Crippen molar-refractivity contribution in [3.05, 3.63) is 12.1 Å². The molecule has 0 saturated carbocycles. The van der Waals surface area contributed by atoms with Crippen LogP contribution in [0.25, 0.3) is 11.0 Å². The van der Waals surface area contributed by atoms with E-state index >= 15 is 0 Å². The Hall–Kier alpha value is -1.72. The minimum absolute atomic E-state index is 0.0189. The molecule has 1 heterocycles. The third-order valence-corrected chi connectivity index (χ3v) is 5.74. The van der Waals surface area contributed by atoms with Gasteiger partial charge in [-0.3, -0.25) is 4.79 Å². The van der Waals surface area contributed by atoms with Gasteiger partial charge in [-0.1, -0.05) is 15.9 Å². The van der Waals surface area contributed by atoms with Crippen molar-refractivity contribution in [2.45, 2.75) is 16.6 Å². The van der Waals surface area contributed by atoms with E-state index in [1.807, 2.05) is 0 Å². The number of rotatable bonds is 7.